The van der Waals surface area contributed by atoms with Gasteiger partial charge in [-0.15, -0.1) is 0 Å². The Hall–Kier alpha value is -2.15. The fraction of sp³-hybridized carbons (Fsp3) is 0.417. The number of hydrogen-bond donors (Lipinski definition) is 2. The maximum atomic E-state index is 10.8. The molecule has 2 rings (SSSR count). The number of benzene rings is 1. The van der Waals surface area contributed by atoms with Gasteiger partial charge in [0.2, 0.25) is 0 Å². The minimum absolute atomic E-state index is 0.0710. The lowest BCUT2D eigenvalue weighted by molar-refractivity contribution is -0.385. The van der Waals surface area contributed by atoms with Crippen molar-refractivity contribution in [3.63, 3.8) is 0 Å². The van der Waals surface area contributed by atoms with Crippen LogP contribution in [0.1, 0.15) is 12.0 Å². The van der Waals surface area contributed by atoms with E-state index in [0.29, 0.717) is 18.8 Å². The predicted octanol–water partition coefficient (Wildman–Crippen LogP) is 1.10. The van der Waals surface area contributed by atoms with E-state index in [-0.39, 0.29) is 12.1 Å². The number of nitro groups is 1. The molecule has 1 saturated heterocycles. The molecule has 7 nitrogen and oxygen atoms in total. The van der Waals surface area contributed by atoms with Gasteiger partial charge >= 0.3 is 5.97 Å². The van der Waals surface area contributed by atoms with E-state index in [1.807, 2.05) is 0 Å². The van der Waals surface area contributed by atoms with E-state index in [9.17, 15) is 14.9 Å². The number of aryl methyl sites for hydroxylation is 1. The zero-order chi connectivity index (χ0) is 14.0. The van der Waals surface area contributed by atoms with Gasteiger partial charge in [-0.3, -0.25) is 14.9 Å². The molecule has 102 valence electrons. The van der Waals surface area contributed by atoms with Crippen LogP contribution < -0.4 is 10.1 Å². The van der Waals surface area contributed by atoms with Crippen LogP contribution in [-0.2, 0) is 4.79 Å². The molecule has 1 aromatic rings. The maximum Gasteiger partial charge on any atom is 0.307 e. The summed E-state index contributed by atoms with van der Waals surface area (Å²) in [7, 11) is 0. The highest BCUT2D eigenvalue weighted by molar-refractivity contribution is 5.68. The van der Waals surface area contributed by atoms with Gasteiger partial charge in [-0.1, -0.05) is 0 Å². The molecule has 0 aromatic heterocycles. The molecule has 1 heterocycles. The molecule has 0 amide bonds. The van der Waals surface area contributed by atoms with Crippen molar-refractivity contribution >= 4 is 11.7 Å². The Balaban J connectivity index is 2.24. The number of rotatable bonds is 5. The van der Waals surface area contributed by atoms with Gasteiger partial charge in [0, 0.05) is 19.2 Å². The Bertz CT molecular complexity index is 525. The molecule has 0 unspecified atom stereocenters. The summed E-state index contributed by atoms with van der Waals surface area (Å²) in [5.74, 6) is -0.596. The number of non-ortho nitro benzene ring substituents is 1. The van der Waals surface area contributed by atoms with Crippen molar-refractivity contribution in [3.05, 3.63) is 33.9 Å². The summed E-state index contributed by atoms with van der Waals surface area (Å²) in [6.45, 7) is 2.60. The van der Waals surface area contributed by atoms with Gasteiger partial charge in [0.15, 0.2) is 0 Å². The van der Waals surface area contributed by atoms with Gasteiger partial charge in [0.1, 0.15) is 11.4 Å². The molecule has 1 aromatic carbocycles. The fourth-order valence-corrected chi connectivity index (χ4v) is 1.96. The summed E-state index contributed by atoms with van der Waals surface area (Å²) in [4.78, 5) is 21.1. The van der Waals surface area contributed by atoms with Crippen LogP contribution >= 0.6 is 0 Å². The summed E-state index contributed by atoms with van der Waals surface area (Å²) in [5, 5.41) is 22.6. The number of ether oxygens (including phenoxy) is 1. The summed E-state index contributed by atoms with van der Waals surface area (Å²) in [5.41, 5.74) is -0.146. The average Bonchev–Trinajstić information content (AvgIpc) is 2.28. The molecule has 1 fully saturated rings. The van der Waals surface area contributed by atoms with E-state index in [4.69, 9.17) is 9.84 Å². The number of nitro benzene ring substituents is 1. The highest BCUT2D eigenvalue weighted by Crippen LogP contribution is 2.30. The molecule has 19 heavy (non-hydrogen) atoms. The zero-order valence-electron chi connectivity index (χ0n) is 10.4. The highest BCUT2D eigenvalue weighted by atomic mass is 16.6. The third kappa shape index (κ3) is 2.82. The molecule has 0 saturated carbocycles. The zero-order valence-corrected chi connectivity index (χ0v) is 10.4. The van der Waals surface area contributed by atoms with Crippen molar-refractivity contribution < 1.29 is 19.6 Å². The molecule has 0 radical (unpaired) electrons. The molecular formula is C12H14N2O5. The molecule has 0 aliphatic carbocycles. The van der Waals surface area contributed by atoms with Crippen molar-refractivity contribution in [2.75, 3.05) is 13.1 Å². The number of nitrogens with one attached hydrogen (secondary N) is 1. The molecule has 7 heteroatoms. The average molecular weight is 266 g/mol. The lowest BCUT2D eigenvalue weighted by atomic mass is 9.92. The normalized spacial score (nSPS) is 16.5. The van der Waals surface area contributed by atoms with E-state index in [2.05, 4.69) is 5.32 Å². The van der Waals surface area contributed by atoms with Gasteiger partial charge < -0.3 is 15.2 Å². The topological polar surface area (TPSA) is 102 Å². The first-order valence-corrected chi connectivity index (χ1v) is 5.78. The first kappa shape index (κ1) is 13.3. The van der Waals surface area contributed by atoms with E-state index in [1.165, 1.54) is 12.1 Å². The lowest BCUT2D eigenvalue weighted by Crippen LogP contribution is -2.64. The monoisotopic (exact) mass is 266 g/mol. The molecule has 1 aliphatic rings. The lowest BCUT2D eigenvalue weighted by Gasteiger charge is -2.41. The Kier molecular flexibility index (Phi) is 3.39. The number of hydrogen-bond acceptors (Lipinski definition) is 5. The number of carbonyl (C=O) groups is 1. The smallest absolute Gasteiger partial charge is 0.307 e. The first-order valence-electron chi connectivity index (χ1n) is 5.78. The summed E-state index contributed by atoms with van der Waals surface area (Å²) in [6, 6.07) is 4.32. The molecular weight excluding hydrogens is 252 g/mol. The maximum absolute atomic E-state index is 10.8. The van der Waals surface area contributed by atoms with E-state index in [1.54, 1.807) is 13.0 Å². The van der Waals surface area contributed by atoms with Gasteiger partial charge in [0.25, 0.3) is 5.69 Å². The van der Waals surface area contributed by atoms with Crippen LogP contribution in [0.5, 0.6) is 5.75 Å². The Morgan fingerprint density at radius 3 is 2.74 bits per heavy atom. The third-order valence-electron chi connectivity index (χ3n) is 3.08. The fourth-order valence-electron chi connectivity index (χ4n) is 1.96. The summed E-state index contributed by atoms with van der Waals surface area (Å²) < 4.78 is 5.72. The first-order chi connectivity index (χ1) is 8.92. The standard InChI is InChI=1S/C12H14N2O5/c1-8-2-3-9(14(17)18)4-10(8)19-12(5-11(15)16)6-13-7-12/h2-4,13H,5-7H2,1H3,(H,15,16). The highest BCUT2D eigenvalue weighted by Gasteiger charge is 2.42. The van der Waals surface area contributed by atoms with Crippen molar-refractivity contribution in [2.45, 2.75) is 18.9 Å². The van der Waals surface area contributed by atoms with Gasteiger partial charge in [0.05, 0.1) is 17.4 Å². The number of nitrogens with zero attached hydrogens (tertiary/aromatic N) is 1. The molecule has 1 aliphatic heterocycles. The van der Waals surface area contributed by atoms with Crippen molar-refractivity contribution in [3.8, 4) is 5.75 Å². The van der Waals surface area contributed by atoms with E-state index >= 15 is 0 Å². The largest absolute Gasteiger partial charge is 0.483 e. The number of aliphatic carboxylic acids is 1. The predicted molar refractivity (Wildman–Crippen MR) is 66.3 cm³/mol. The number of carboxylic acid groups (broad SMARTS) is 1. The van der Waals surface area contributed by atoms with Gasteiger partial charge in [-0.2, -0.15) is 0 Å². The minimum Gasteiger partial charge on any atom is -0.483 e. The van der Waals surface area contributed by atoms with E-state index in [0.717, 1.165) is 5.56 Å². The Morgan fingerprint density at radius 1 is 1.58 bits per heavy atom. The van der Waals surface area contributed by atoms with Crippen LogP contribution in [0.3, 0.4) is 0 Å². The third-order valence-corrected chi connectivity index (χ3v) is 3.08. The molecule has 0 bridgehead atoms. The van der Waals surface area contributed by atoms with Crippen molar-refractivity contribution in [2.24, 2.45) is 0 Å². The summed E-state index contributed by atoms with van der Waals surface area (Å²) >= 11 is 0. The number of carboxylic acids is 1. The Labute approximate surface area is 109 Å². The molecule has 2 N–H and O–H groups in total. The second kappa shape index (κ2) is 4.85. The molecule has 0 atom stereocenters. The van der Waals surface area contributed by atoms with Crippen LogP contribution in [0, 0.1) is 17.0 Å². The van der Waals surface area contributed by atoms with E-state index < -0.39 is 16.5 Å². The van der Waals surface area contributed by atoms with Crippen molar-refractivity contribution in [1.82, 2.24) is 5.32 Å². The van der Waals surface area contributed by atoms with Crippen LogP contribution in [0.15, 0.2) is 18.2 Å². The van der Waals surface area contributed by atoms with Crippen LogP contribution in [0.2, 0.25) is 0 Å². The second-order valence-electron chi connectivity index (χ2n) is 4.67. The van der Waals surface area contributed by atoms with Crippen LogP contribution in [0.25, 0.3) is 0 Å². The minimum atomic E-state index is -0.954. The molecule has 0 spiro atoms. The quantitative estimate of drug-likeness (QED) is 0.611. The van der Waals surface area contributed by atoms with Gasteiger partial charge in [-0.25, -0.2) is 0 Å². The van der Waals surface area contributed by atoms with Gasteiger partial charge in [-0.05, 0) is 18.6 Å². The summed E-state index contributed by atoms with van der Waals surface area (Å²) in [6.07, 6.45) is -0.137. The second-order valence-corrected chi connectivity index (χ2v) is 4.67. The van der Waals surface area contributed by atoms with Crippen LogP contribution in [0.4, 0.5) is 5.69 Å². The Morgan fingerprint density at radius 2 is 2.26 bits per heavy atom. The SMILES string of the molecule is Cc1ccc([N+](=O)[O-])cc1OC1(CC(=O)O)CNC1. The van der Waals surface area contributed by atoms with Crippen LogP contribution in [-0.4, -0.2) is 34.7 Å². The van der Waals surface area contributed by atoms with Crippen molar-refractivity contribution in [1.29, 1.82) is 0 Å².